The fraction of sp³-hybridized carbons (Fsp3) is 0. The van der Waals surface area contributed by atoms with Gasteiger partial charge in [-0.2, -0.15) is 0 Å². The van der Waals surface area contributed by atoms with Crippen LogP contribution in [0.4, 0.5) is 0 Å². The molecule has 2 heterocycles. The molecule has 0 fully saturated rings. The molecule has 0 atom stereocenters. The van der Waals surface area contributed by atoms with Gasteiger partial charge >= 0.3 is 0 Å². The first-order valence-electron chi connectivity index (χ1n) is 13.9. The maximum Gasteiger partial charge on any atom is 0.181 e. The first-order chi connectivity index (χ1) is 20.8. The molecule has 0 amide bonds. The van der Waals surface area contributed by atoms with Crippen LogP contribution in [0.5, 0.6) is 0 Å². The summed E-state index contributed by atoms with van der Waals surface area (Å²) < 4.78 is 10.6. The first-order valence-corrected chi connectivity index (χ1v) is 13.9. The molecule has 8 rings (SSSR count). The summed E-state index contributed by atoms with van der Waals surface area (Å²) in [6.45, 7) is 0. The van der Waals surface area contributed by atoms with Crippen LogP contribution < -0.4 is 0 Å². The molecule has 6 aromatic carbocycles. The molecule has 4 nitrogen and oxygen atoms in total. The van der Waals surface area contributed by atoms with Crippen LogP contribution in [0.3, 0.4) is 0 Å². The van der Waals surface area contributed by atoms with Gasteiger partial charge in [0.15, 0.2) is 12.8 Å². The van der Waals surface area contributed by atoms with Crippen molar-refractivity contribution in [3.05, 3.63) is 147 Å². The molecule has 0 aliphatic heterocycles. The second-order valence-electron chi connectivity index (χ2n) is 10.3. The van der Waals surface area contributed by atoms with Crippen LogP contribution in [0, 0.1) is 0 Å². The lowest BCUT2D eigenvalue weighted by Crippen LogP contribution is -1.92. The van der Waals surface area contributed by atoms with Gasteiger partial charge in [0.1, 0.15) is 23.9 Å². The normalized spacial score (nSPS) is 11.3. The van der Waals surface area contributed by atoms with Crippen molar-refractivity contribution >= 4 is 21.5 Å². The average Bonchev–Trinajstić information content (AvgIpc) is 3.80. The average molecular weight is 541 g/mol. The Kier molecular flexibility index (Phi) is 5.75. The van der Waals surface area contributed by atoms with Crippen LogP contribution in [0.15, 0.2) is 155 Å². The summed E-state index contributed by atoms with van der Waals surface area (Å²) in [5.74, 6) is 0. The van der Waals surface area contributed by atoms with Gasteiger partial charge in [-0.25, -0.2) is 9.97 Å². The fourth-order valence-electron chi connectivity index (χ4n) is 5.99. The molecule has 0 N–H and O–H groups in total. The van der Waals surface area contributed by atoms with Gasteiger partial charge in [-0.3, -0.25) is 0 Å². The van der Waals surface area contributed by atoms with Crippen LogP contribution in [0.25, 0.3) is 77.4 Å². The van der Waals surface area contributed by atoms with Crippen molar-refractivity contribution in [2.75, 3.05) is 0 Å². The van der Waals surface area contributed by atoms with E-state index in [1.54, 1.807) is 12.5 Å². The van der Waals surface area contributed by atoms with Crippen molar-refractivity contribution in [2.45, 2.75) is 0 Å². The van der Waals surface area contributed by atoms with Gasteiger partial charge in [-0.1, -0.05) is 103 Å². The molecule has 42 heavy (non-hydrogen) atoms. The second kappa shape index (κ2) is 10.0. The van der Waals surface area contributed by atoms with Crippen molar-refractivity contribution in [3.8, 4) is 55.9 Å². The molecule has 8 aromatic rings. The molecule has 0 aliphatic rings. The number of hydrogen-bond donors (Lipinski definition) is 0. The Labute approximate surface area is 242 Å². The number of nitrogens with zero attached hydrogens (tertiary/aromatic N) is 2. The van der Waals surface area contributed by atoms with Gasteiger partial charge in [0.05, 0.1) is 0 Å². The summed E-state index contributed by atoms with van der Waals surface area (Å²) in [6.07, 6.45) is 6.32. The van der Waals surface area contributed by atoms with Crippen LogP contribution in [0.1, 0.15) is 0 Å². The SMILES string of the molecule is c1ccc(-c2ccc3c(-c4cccc(-c5cocn5)c4)c4ccccc4c(-c4cccc(-c5cocn5)c4)c3c2)cc1. The minimum Gasteiger partial charge on any atom is -0.451 e. The molecule has 198 valence electrons. The highest BCUT2D eigenvalue weighted by Gasteiger charge is 2.18. The lowest BCUT2D eigenvalue weighted by molar-refractivity contribution is 0.558. The molecule has 4 heteroatoms. The molecule has 0 radical (unpaired) electrons. The van der Waals surface area contributed by atoms with Crippen molar-refractivity contribution in [3.63, 3.8) is 0 Å². The largest absolute Gasteiger partial charge is 0.451 e. The van der Waals surface area contributed by atoms with E-state index in [9.17, 15) is 0 Å². The van der Waals surface area contributed by atoms with Gasteiger partial charge < -0.3 is 8.83 Å². The number of fused-ring (bicyclic) bond motifs is 2. The fourth-order valence-corrected chi connectivity index (χ4v) is 5.99. The van der Waals surface area contributed by atoms with E-state index in [0.29, 0.717) is 0 Å². The van der Waals surface area contributed by atoms with E-state index in [-0.39, 0.29) is 0 Å². The van der Waals surface area contributed by atoms with E-state index >= 15 is 0 Å². The van der Waals surface area contributed by atoms with Gasteiger partial charge in [-0.15, -0.1) is 0 Å². The maximum absolute atomic E-state index is 5.30. The topological polar surface area (TPSA) is 52.1 Å². The first kappa shape index (κ1) is 24.1. The zero-order valence-electron chi connectivity index (χ0n) is 22.6. The summed E-state index contributed by atoms with van der Waals surface area (Å²) in [6, 6.07) is 43.2. The summed E-state index contributed by atoms with van der Waals surface area (Å²) in [5, 5.41) is 4.76. The third-order valence-electron chi connectivity index (χ3n) is 7.89. The number of benzene rings is 6. The van der Waals surface area contributed by atoms with Gasteiger partial charge in [-0.05, 0) is 73.1 Å². The zero-order chi connectivity index (χ0) is 27.9. The smallest absolute Gasteiger partial charge is 0.181 e. The highest BCUT2D eigenvalue weighted by Crippen LogP contribution is 2.45. The summed E-state index contributed by atoms with van der Waals surface area (Å²) in [7, 11) is 0. The number of rotatable bonds is 5. The molecule has 0 spiro atoms. The van der Waals surface area contributed by atoms with Crippen LogP contribution in [-0.4, -0.2) is 9.97 Å². The number of hydrogen-bond acceptors (Lipinski definition) is 4. The van der Waals surface area contributed by atoms with E-state index in [1.807, 2.05) is 0 Å². The monoisotopic (exact) mass is 540 g/mol. The van der Waals surface area contributed by atoms with E-state index in [2.05, 4.69) is 131 Å². The summed E-state index contributed by atoms with van der Waals surface area (Å²) in [5.41, 5.74) is 10.7. The Hall–Kier alpha value is -5.74. The third-order valence-corrected chi connectivity index (χ3v) is 7.89. The molecular formula is C38H24N2O2. The van der Waals surface area contributed by atoms with E-state index in [4.69, 9.17) is 8.83 Å². The summed E-state index contributed by atoms with van der Waals surface area (Å²) >= 11 is 0. The Bertz CT molecular complexity index is 2180. The van der Waals surface area contributed by atoms with E-state index in [0.717, 1.165) is 33.6 Å². The standard InChI is InChI=1S/C38H24N2O2/c1-2-8-25(9-3-1)26-16-17-33-34(20-26)38(30-13-7-11-28(19-30)36-22-42-24-40-36)32-15-5-4-14-31(32)37(33)29-12-6-10-27(18-29)35-21-41-23-39-35/h1-24H. The number of oxazole rings is 2. The summed E-state index contributed by atoms with van der Waals surface area (Å²) in [4.78, 5) is 8.80. The highest BCUT2D eigenvalue weighted by atomic mass is 16.3. The van der Waals surface area contributed by atoms with Crippen LogP contribution >= 0.6 is 0 Å². The van der Waals surface area contributed by atoms with Crippen molar-refractivity contribution in [1.29, 1.82) is 0 Å². The van der Waals surface area contributed by atoms with E-state index in [1.165, 1.54) is 56.6 Å². The van der Waals surface area contributed by atoms with Crippen LogP contribution in [-0.2, 0) is 0 Å². The molecule has 2 aromatic heterocycles. The van der Waals surface area contributed by atoms with Gasteiger partial charge in [0, 0.05) is 11.1 Å². The maximum atomic E-state index is 5.30. The van der Waals surface area contributed by atoms with Gasteiger partial charge in [0.25, 0.3) is 0 Å². The third kappa shape index (κ3) is 4.09. The molecular weight excluding hydrogens is 516 g/mol. The van der Waals surface area contributed by atoms with Crippen molar-refractivity contribution in [1.82, 2.24) is 9.97 Å². The number of aromatic nitrogens is 2. The quantitative estimate of drug-likeness (QED) is 0.204. The second-order valence-corrected chi connectivity index (χ2v) is 10.3. The van der Waals surface area contributed by atoms with Crippen LogP contribution in [0.2, 0.25) is 0 Å². The van der Waals surface area contributed by atoms with Crippen molar-refractivity contribution in [2.24, 2.45) is 0 Å². The predicted molar refractivity (Wildman–Crippen MR) is 169 cm³/mol. The molecule has 0 aliphatic carbocycles. The predicted octanol–water partition coefficient (Wildman–Crippen LogP) is 10.3. The zero-order valence-corrected chi connectivity index (χ0v) is 22.6. The molecule has 0 saturated heterocycles. The Balaban J connectivity index is 1.47. The molecule has 0 unspecified atom stereocenters. The molecule has 0 saturated carbocycles. The lowest BCUT2D eigenvalue weighted by Gasteiger charge is -2.19. The Morgan fingerprint density at radius 2 is 0.857 bits per heavy atom. The highest BCUT2D eigenvalue weighted by molar-refractivity contribution is 6.22. The minimum atomic E-state index is 0.816. The van der Waals surface area contributed by atoms with E-state index < -0.39 is 0 Å². The lowest BCUT2D eigenvalue weighted by atomic mass is 9.84. The Morgan fingerprint density at radius 3 is 1.43 bits per heavy atom. The molecule has 0 bridgehead atoms. The van der Waals surface area contributed by atoms with Gasteiger partial charge in [0.2, 0.25) is 0 Å². The Morgan fingerprint density at radius 1 is 0.357 bits per heavy atom. The minimum absolute atomic E-state index is 0.816. The van der Waals surface area contributed by atoms with Crippen molar-refractivity contribution < 1.29 is 8.83 Å².